The van der Waals surface area contributed by atoms with E-state index in [1.165, 1.54) is 12.1 Å². The second-order valence-electron chi connectivity index (χ2n) is 5.24. The molecule has 0 amide bonds. The Morgan fingerprint density at radius 3 is 3.05 bits per heavy atom. The summed E-state index contributed by atoms with van der Waals surface area (Å²) in [7, 11) is 1.99. The molecule has 2 heterocycles. The van der Waals surface area contributed by atoms with E-state index in [0.29, 0.717) is 23.0 Å². The summed E-state index contributed by atoms with van der Waals surface area (Å²) in [5.74, 6) is -1.27. The zero-order chi connectivity index (χ0) is 14.3. The largest absolute Gasteiger partial charge is 0.481 e. The highest BCUT2D eigenvalue weighted by molar-refractivity contribution is 5.87. The Hall–Kier alpha value is -2.01. The Balaban J connectivity index is 2.28. The number of carboxylic acids is 1. The maximum absolute atomic E-state index is 13.5. The Labute approximate surface area is 115 Å². The van der Waals surface area contributed by atoms with Gasteiger partial charge in [0, 0.05) is 30.6 Å². The van der Waals surface area contributed by atoms with E-state index in [2.05, 4.69) is 9.88 Å². The second kappa shape index (κ2) is 4.83. The van der Waals surface area contributed by atoms with Crippen molar-refractivity contribution in [2.75, 3.05) is 13.6 Å². The van der Waals surface area contributed by atoms with Gasteiger partial charge in [-0.25, -0.2) is 4.39 Å². The average Bonchev–Trinajstić information content (AvgIpc) is 2.39. The Morgan fingerprint density at radius 1 is 1.50 bits per heavy atom. The first-order valence-electron chi connectivity index (χ1n) is 6.55. The van der Waals surface area contributed by atoms with Crippen LogP contribution in [-0.2, 0) is 24.2 Å². The van der Waals surface area contributed by atoms with E-state index < -0.39 is 5.97 Å². The van der Waals surface area contributed by atoms with Crippen molar-refractivity contribution in [1.29, 1.82) is 0 Å². The normalized spacial score (nSPS) is 15.3. The molecule has 0 radical (unpaired) electrons. The predicted octanol–water partition coefficient (Wildman–Crippen LogP) is 1.99. The van der Waals surface area contributed by atoms with E-state index in [1.807, 2.05) is 7.05 Å². The van der Waals surface area contributed by atoms with E-state index in [1.54, 1.807) is 6.07 Å². The first-order chi connectivity index (χ1) is 9.54. The minimum absolute atomic E-state index is 0.0986. The third-order valence-corrected chi connectivity index (χ3v) is 3.74. The fraction of sp³-hybridized carbons (Fsp3) is 0.333. The van der Waals surface area contributed by atoms with Crippen LogP contribution in [0.3, 0.4) is 0 Å². The number of aromatic nitrogens is 1. The van der Waals surface area contributed by atoms with E-state index in [0.717, 1.165) is 24.2 Å². The minimum atomic E-state index is -0.905. The fourth-order valence-electron chi connectivity index (χ4n) is 2.79. The zero-order valence-corrected chi connectivity index (χ0v) is 11.2. The third kappa shape index (κ3) is 2.25. The van der Waals surface area contributed by atoms with Crippen LogP contribution in [0.15, 0.2) is 18.2 Å². The van der Waals surface area contributed by atoms with Crippen molar-refractivity contribution in [2.24, 2.45) is 0 Å². The second-order valence-corrected chi connectivity index (χ2v) is 5.24. The lowest BCUT2D eigenvalue weighted by Crippen LogP contribution is -2.29. The number of fused-ring (bicyclic) bond motifs is 2. The van der Waals surface area contributed by atoms with Gasteiger partial charge in [0.05, 0.1) is 11.9 Å². The molecule has 3 rings (SSSR count). The van der Waals surface area contributed by atoms with Crippen molar-refractivity contribution >= 4 is 16.9 Å². The number of likely N-dealkylation sites (N-methyl/N-ethyl adjacent to an activating group) is 1. The number of carbonyl (C=O) groups is 1. The molecule has 0 atom stereocenters. The van der Waals surface area contributed by atoms with Crippen molar-refractivity contribution in [1.82, 2.24) is 9.88 Å². The molecule has 1 aromatic carbocycles. The van der Waals surface area contributed by atoms with Crippen molar-refractivity contribution in [3.05, 3.63) is 40.8 Å². The summed E-state index contributed by atoms with van der Waals surface area (Å²) in [6, 6.07) is 4.37. The summed E-state index contributed by atoms with van der Waals surface area (Å²) in [6.07, 6.45) is 0.699. The topological polar surface area (TPSA) is 53.4 Å². The smallest absolute Gasteiger partial charge is 0.307 e. The molecule has 1 aliphatic rings. The Bertz CT molecular complexity index is 700. The summed E-state index contributed by atoms with van der Waals surface area (Å²) in [4.78, 5) is 17.8. The van der Waals surface area contributed by atoms with Crippen LogP contribution in [0.1, 0.15) is 16.8 Å². The summed E-state index contributed by atoms with van der Waals surface area (Å²) in [6.45, 7) is 1.57. The molecular weight excluding hydrogens is 259 g/mol. The summed E-state index contributed by atoms with van der Waals surface area (Å²) in [5, 5.41) is 9.75. The van der Waals surface area contributed by atoms with E-state index in [-0.39, 0.29) is 12.2 Å². The molecule has 2 aromatic rings. The number of benzene rings is 1. The highest BCUT2D eigenvalue weighted by Crippen LogP contribution is 2.28. The molecule has 0 unspecified atom stereocenters. The predicted molar refractivity (Wildman–Crippen MR) is 73.1 cm³/mol. The lowest BCUT2D eigenvalue weighted by atomic mass is 9.94. The zero-order valence-electron chi connectivity index (χ0n) is 11.2. The molecule has 20 heavy (non-hydrogen) atoms. The molecule has 1 aliphatic heterocycles. The van der Waals surface area contributed by atoms with Crippen LogP contribution < -0.4 is 0 Å². The quantitative estimate of drug-likeness (QED) is 0.910. The van der Waals surface area contributed by atoms with Crippen molar-refractivity contribution in [3.8, 4) is 0 Å². The van der Waals surface area contributed by atoms with Gasteiger partial charge < -0.3 is 10.0 Å². The number of hydrogen-bond acceptors (Lipinski definition) is 3. The number of halogens is 1. The van der Waals surface area contributed by atoms with Crippen LogP contribution >= 0.6 is 0 Å². The van der Waals surface area contributed by atoms with Crippen molar-refractivity contribution in [2.45, 2.75) is 19.4 Å². The van der Waals surface area contributed by atoms with E-state index in [4.69, 9.17) is 5.11 Å². The SMILES string of the molecule is CN1CCc2nc3ccc(F)cc3c(CC(=O)O)c2C1. The highest BCUT2D eigenvalue weighted by Gasteiger charge is 2.22. The molecule has 0 saturated heterocycles. The number of pyridine rings is 1. The molecule has 104 valence electrons. The minimum Gasteiger partial charge on any atom is -0.481 e. The van der Waals surface area contributed by atoms with Crippen LogP contribution in [0.25, 0.3) is 10.9 Å². The van der Waals surface area contributed by atoms with Gasteiger partial charge in [0.25, 0.3) is 0 Å². The number of rotatable bonds is 2. The Morgan fingerprint density at radius 2 is 2.30 bits per heavy atom. The van der Waals surface area contributed by atoms with Gasteiger partial charge in [-0.2, -0.15) is 0 Å². The monoisotopic (exact) mass is 274 g/mol. The van der Waals surface area contributed by atoms with Gasteiger partial charge in [-0.15, -0.1) is 0 Å². The summed E-state index contributed by atoms with van der Waals surface area (Å²) >= 11 is 0. The van der Waals surface area contributed by atoms with Gasteiger partial charge in [-0.05, 0) is 36.4 Å². The lowest BCUT2D eigenvalue weighted by molar-refractivity contribution is -0.136. The van der Waals surface area contributed by atoms with Crippen LogP contribution in [-0.4, -0.2) is 34.6 Å². The molecule has 0 spiro atoms. The average molecular weight is 274 g/mol. The van der Waals surface area contributed by atoms with Crippen LogP contribution in [0.2, 0.25) is 0 Å². The summed E-state index contributed by atoms with van der Waals surface area (Å²) in [5.41, 5.74) is 3.26. The standard InChI is InChI=1S/C15H15FN2O2/c1-18-5-4-14-12(8-18)10(7-15(19)20)11-6-9(16)2-3-13(11)17-14/h2-3,6H,4-5,7-8H2,1H3,(H,19,20). The maximum atomic E-state index is 13.5. The lowest BCUT2D eigenvalue weighted by Gasteiger charge is -2.27. The first-order valence-corrected chi connectivity index (χ1v) is 6.55. The molecule has 0 fully saturated rings. The van der Waals surface area contributed by atoms with Gasteiger partial charge >= 0.3 is 5.97 Å². The molecule has 0 bridgehead atoms. The molecule has 1 aromatic heterocycles. The fourth-order valence-corrected chi connectivity index (χ4v) is 2.79. The Kier molecular flexibility index (Phi) is 3.14. The molecule has 4 nitrogen and oxygen atoms in total. The number of hydrogen-bond donors (Lipinski definition) is 1. The number of nitrogens with zero attached hydrogens (tertiary/aromatic N) is 2. The van der Waals surface area contributed by atoms with Gasteiger partial charge in [0.1, 0.15) is 5.82 Å². The number of carboxylic acid groups (broad SMARTS) is 1. The van der Waals surface area contributed by atoms with Gasteiger partial charge in [-0.3, -0.25) is 9.78 Å². The van der Waals surface area contributed by atoms with Crippen LogP contribution in [0, 0.1) is 5.82 Å². The van der Waals surface area contributed by atoms with Crippen LogP contribution in [0.5, 0.6) is 0 Å². The molecule has 0 aliphatic carbocycles. The maximum Gasteiger partial charge on any atom is 0.307 e. The van der Waals surface area contributed by atoms with E-state index >= 15 is 0 Å². The molecule has 1 N–H and O–H groups in total. The van der Waals surface area contributed by atoms with Gasteiger partial charge in [0.2, 0.25) is 0 Å². The number of aliphatic carboxylic acids is 1. The van der Waals surface area contributed by atoms with Crippen LogP contribution in [0.4, 0.5) is 4.39 Å². The molecular formula is C15H15FN2O2. The van der Waals surface area contributed by atoms with E-state index in [9.17, 15) is 9.18 Å². The first kappa shape index (κ1) is 13.0. The van der Waals surface area contributed by atoms with Gasteiger partial charge in [0.15, 0.2) is 0 Å². The molecule has 0 saturated carbocycles. The highest BCUT2D eigenvalue weighted by atomic mass is 19.1. The van der Waals surface area contributed by atoms with Crippen molar-refractivity contribution < 1.29 is 14.3 Å². The van der Waals surface area contributed by atoms with Gasteiger partial charge in [-0.1, -0.05) is 0 Å². The molecule has 5 heteroatoms. The third-order valence-electron chi connectivity index (χ3n) is 3.74. The summed E-state index contributed by atoms with van der Waals surface area (Å²) < 4.78 is 13.5. The van der Waals surface area contributed by atoms with Crippen molar-refractivity contribution in [3.63, 3.8) is 0 Å².